The quantitative estimate of drug-likeness (QED) is 0.436. The molecule has 0 saturated carbocycles. The number of esters is 1. The van der Waals surface area contributed by atoms with E-state index in [0.717, 1.165) is 19.4 Å². The molecule has 0 amide bonds. The fourth-order valence-electron chi connectivity index (χ4n) is 1.95. The second-order valence-electron chi connectivity index (χ2n) is 5.29. The zero-order valence-corrected chi connectivity index (χ0v) is 13.9. The molecule has 1 aromatic heterocycles. The molecular weight excluding hydrogens is 288 g/mol. The van der Waals surface area contributed by atoms with Gasteiger partial charge >= 0.3 is 5.97 Å². The first-order chi connectivity index (χ1) is 9.88. The predicted molar refractivity (Wildman–Crippen MR) is 87.3 cm³/mol. The first-order valence-electron chi connectivity index (χ1n) is 7.22. The van der Waals surface area contributed by atoms with E-state index >= 15 is 0 Å². The number of nitrogens with two attached hydrogens (primary N) is 1. The number of thiophene rings is 1. The maximum atomic E-state index is 12.0. The lowest BCUT2D eigenvalue weighted by molar-refractivity contribution is 0.0529. The van der Waals surface area contributed by atoms with Crippen LogP contribution in [0, 0.1) is 5.92 Å². The van der Waals surface area contributed by atoms with Gasteiger partial charge in [-0.05, 0) is 25.7 Å². The molecule has 6 heteroatoms. The second kappa shape index (κ2) is 8.02. The van der Waals surface area contributed by atoms with E-state index in [0.29, 0.717) is 15.8 Å². The SMILES string of the molecule is CCOC(=O)c1c(NCCCC(C)C)sc(C(C)=O)c1N. The number of nitrogens with one attached hydrogen (secondary N) is 1. The van der Waals surface area contributed by atoms with E-state index in [2.05, 4.69) is 19.2 Å². The minimum atomic E-state index is -0.481. The van der Waals surface area contributed by atoms with Crippen LogP contribution in [-0.4, -0.2) is 24.9 Å². The van der Waals surface area contributed by atoms with Crippen molar-refractivity contribution in [3.05, 3.63) is 10.4 Å². The molecule has 0 spiro atoms. The van der Waals surface area contributed by atoms with E-state index in [1.807, 2.05) is 0 Å². The summed E-state index contributed by atoms with van der Waals surface area (Å²) in [5.41, 5.74) is 6.45. The van der Waals surface area contributed by atoms with E-state index in [9.17, 15) is 9.59 Å². The average molecular weight is 312 g/mol. The molecule has 1 aromatic rings. The van der Waals surface area contributed by atoms with Gasteiger partial charge in [0.1, 0.15) is 10.6 Å². The number of carbonyl (C=O) groups is 2. The summed E-state index contributed by atoms with van der Waals surface area (Å²) < 4.78 is 5.02. The van der Waals surface area contributed by atoms with Gasteiger partial charge in [0, 0.05) is 13.5 Å². The average Bonchev–Trinajstić information content (AvgIpc) is 2.72. The van der Waals surface area contributed by atoms with Crippen molar-refractivity contribution in [2.75, 3.05) is 24.2 Å². The number of ketones is 1. The van der Waals surface area contributed by atoms with E-state index in [1.54, 1.807) is 6.92 Å². The molecule has 5 nitrogen and oxygen atoms in total. The van der Waals surface area contributed by atoms with Gasteiger partial charge in [-0.1, -0.05) is 13.8 Å². The number of rotatable bonds is 8. The van der Waals surface area contributed by atoms with Crippen molar-refractivity contribution in [3.8, 4) is 0 Å². The van der Waals surface area contributed by atoms with Gasteiger partial charge in [-0.25, -0.2) is 4.79 Å². The Morgan fingerprint density at radius 1 is 1.38 bits per heavy atom. The zero-order valence-electron chi connectivity index (χ0n) is 13.1. The highest BCUT2D eigenvalue weighted by Gasteiger charge is 2.24. The fraction of sp³-hybridized carbons (Fsp3) is 0.600. The summed E-state index contributed by atoms with van der Waals surface area (Å²) in [7, 11) is 0. The number of hydrogen-bond acceptors (Lipinski definition) is 6. The van der Waals surface area contributed by atoms with E-state index in [1.165, 1.54) is 18.3 Å². The van der Waals surface area contributed by atoms with Crippen LogP contribution in [0.3, 0.4) is 0 Å². The molecule has 3 N–H and O–H groups in total. The zero-order chi connectivity index (χ0) is 16.0. The van der Waals surface area contributed by atoms with Crippen LogP contribution in [-0.2, 0) is 4.74 Å². The molecular formula is C15H24N2O3S. The smallest absolute Gasteiger partial charge is 0.343 e. The lowest BCUT2D eigenvalue weighted by atomic mass is 10.1. The van der Waals surface area contributed by atoms with Gasteiger partial charge in [0.15, 0.2) is 5.78 Å². The van der Waals surface area contributed by atoms with Crippen LogP contribution in [0.4, 0.5) is 10.7 Å². The van der Waals surface area contributed by atoms with Crippen molar-refractivity contribution in [3.63, 3.8) is 0 Å². The Balaban J connectivity index is 2.92. The molecule has 1 rings (SSSR count). The van der Waals surface area contributed by atoms with Gasteiger partial charge in [0.2, 0.25) is 0 Å². The first-order valence-corrected chi connectivity index (χ1v) is 8.04. The Morgan fingerprint density at radius 2 is 2.05 bits per heavy atom. The summed E-state index contributed by atoms with van der Waals surface area (Å²) >= 11 is 1.22. The fourth-order valence-corrected chi connectivity index (χ4v) is 2.98. The van der Waals surface area contributed by atoms with Gasteiger partial charge in [0.25, 0.3) is 0 Å². The molecule has 21 heavy (non-hydrogen) atoms. The van der Waals surface area contributed by atoms with Crippen molar-refractivity contribution in [2.45, 2.75) is 40.5 Å². The third kappa shape index (κ3) is 4.74. The minimum Gasteiger partial charge on any atom is -0.462 e. The maximum absolute atomic E-state index is 12.0. The van der Waals surface area contributed by atoms with Crippen LogP contribution >= 0.6 is 11.3 Å². The lowest BCUT2D eigenvalue weighted by Gasteiger charge is -2.08. The molecule has 0 fully saturated rings. The van der Waals surface area contributed by atoms with Gasteiger partial charge < -0.3 is 15.8 Å². The highest BCUT2D eigenvalue weighted by Crippen LogP contribution is 2.36. The van der Waals surface area contributed by atoms with E-state index in [-0.39, 0.29) is 23.6 Å². The molecule has 0 unspecified atom stereocenters. The minimum absolute atomic E-state index is 0.140. The third-order valence-corrected chi connectivity index (χ3v) is 4.25. The van der Waals surface area contributed by atoms with Crippen molar-refractivity contribution in [2.24, 2.45) is 5.92 Å². The molecule has 0 aliphatic carbocycles. The molecule has 118 valence electrons. The van der Waals surface area contributed by atoms with E-state index < -0.39 is 5.97 Å². The summed E-state index contributed by atoms with van der Waals surface area (Å²) in [6.07, 6.45) is 2.09. The van der Waals surface area contributed by atoms with Gasteiger partial charge in [0.05, 0.1) is 17.2 Å². The van der Waals surface area contributed by atoms with Crippen molar-refractivity contribution in [1.82, 2.24) is 0 Å². The van der Waals surface area contributed by atoms with Crippen LogP contribution in [0.2, 0.25) is 0 Å². The van der Waals surface area contributed by atoms with Crippen LogP contribution < -0.4 is 11.1 Å². The number of hydrogen-bond donors (Lipinski definition) is 2. The summed E-state index contributed by atoms with van der Waals surface area (Å²) in [5, 5.41) is 3.83. The Kier molecular flexibility index (Phi) is 6.68. The molecule has 0 radical (unpaired) electrons. The number of carbonyl (C=O) groups excluding carboxylic acids is 2. The van der Waals surface area contributed by atoms with Gasteiger partial charge in [-0.3, -0.25) is 4.79 Å². The highest BCUT2D eigenvalue weighted by molar-refractivity contribution is 7.19. The number of Topliss-reactive ketones (excluding diaryl/α,β-unsaturated/α-hetero) is 1. The summed E-state index contributed by atoms with van der Waals surface area (Å²) in [5.74, 6) is 0.0147. The van der Waals surface area contributed by atoms with Gasteiger partial charge in [-0.15, -0.1) is 11.3 Å². The topological polar surface area (TPSA) is 81.4 Å². The summed E-state index contributed by atoms with van der Waals surface area (Å²) in [4.78, 5) is 24.0. The number of anilines is 2. The van der Waals surface area contributed by atoms with Crippen LogP contribution in [0.5, 0.6) is 0 Å². The Labute approximate surface area is 129 Å². The second-order valence-corrected chi connectivity index (χ2v) is 6.31. The monoisotopic (exact) mass is 312 g/mol. The number of nitrogen functional groups attached to an aromatic ring is 1. The summed E-state index contributed by atoms with van der Waals surface area (Å²) in [6.45, 7) is 8.53. The first kappa shape index (κ1) is 17.5. The molecule has 1 heterocycles. The Bertz CT molecular complexity index is 509. The molecule has 0 aliphatic rings. The number of ether oxygens (including phenoxy) is 1. The Morgan fingerprint density at radius 3 is 2.57 bits per heavy atom. The lowest BCUT2D eigenvalue weighted by Crippen LogP contribution is -2.11. The largest absolute Gasteiger partial charge is 0.462 e. The third-order valence-electron chi connectivity index (χ3n) is 2.99. The van der Waals surface area contributed by atoms with Crippen molar-refractivity contribution < 1.29 is 14.3 Å². The molecule has 0 bridgehead atoms. The van der Waals surface area contributed by atoms with E-state index in [4.69, 9.17) is 10.5 Å². The Hall–Kier alpha value is -1.56. The molecule has 0 aromatic carbocycles. The normalized spacial score (nSPS) is 10.7. The molecule has 0 saturated heterocycles. The van der Waals surface area contributed by atoms with Crippen molar-refractivity contribution >= 4 is 33.8 Å². The maximum Gasteiger partial charge on any atom is 0.343 e. The van der Waals surface area contributed by atoms with Crippen LogP contribution in [0.1, 0.15) is 60.6 Å². The van der Waals surface area contributed by atoms with Crippen molar-refractivity contribution in [1.29, 1.82) is 0 Å². The van der Waals surface area contributed by atoms with Crippen LogP contribution in [0.25, 0.3) is 0 Å². The molecule has 0 atom stereocenters. The molecule has 0 aliphatic heterocycles. The van der Waals surface area contributed by atoms with Crippen LogP contribution in [0.15, 0.2) is 0 Å². The summed E-state index contributed by atoms with van der Waals surface area (Å²) in [6, 6.07) is 0. The highest BCUT2D eigenvalue weighted by atomic mass is 32.1. The standard InChI is InChI=1S/C15H24N2O3S/c1-5-20-15(19)11-12(16)13(10(4)18)21-14(11)17-8-6-7-9(2)3/h9,17H,5-8,16H2,1-4H3. The predicted octanol–water partition coefficient (Wildman–Crippen LogP) is 3.56. The van der Waals surface area contributed by atoms with Gasteiger partial charge in [-0.2, -0.15) is 0 Å².